The lowest BCUT2D eigenvalue weighted by atomic mass is 10.1. The Labute approximate surface area is 104 Å². The average Bonchev–Trinajstić information content (AvgIpc) is 2.28. The van der Waals surface area contributed by atoms with E-state index in [9.17, 15) is 13.6 Å². The van der Waals surface area contributed by atoms with Gasteiger partial charge in [-0.3, -0.25) is 4.79 Å². The Morgan fingerprint density at radius 2 is 2.06 bits per heavy atom. The average molecular weight is 252 g/mol. The first-order valence-corrected chi connectivity index (χ1v) is 5.40. The van der Waals surface area contributed by atoms with Crippen LogP contribution in [-0.4, -0.2) is 11.9 Å². The van der Waals surface area contributed by atoms with Gasteiger partial charge < -0.3 is 11.1 Å². The van der Waals surface area contributed by atoms with Gasteiger partial charge in [-0.05, 0) is 19.1 Å². The molecule has 96 valence electrons. The van der Waals surface area contributed by atoms with Crippen molar-refractivity contribution in [3.63, 3.8) is 0 Å². The van der Waals surface area contributed by atoms with Gasteiger partial charge in [0.25, 0.3) is 0 Å². The summed E-state index contributed by atoms with van der Waals surface area (Å²) >= 11 is 0. The van der Waals surface area contributed by atoms with Crippen molar-refractivity contribution >= 4 is 5.91 Å². The number of nitrogens with two attached hydrogens (primary N) is 1. The summed E-state index contributed by atoms with van der Waals surface area (Å²) in [6.45, 7) is 1.47. The molecular formula is C13H14F2N2O. The molecule has 0 spiro atoms. The molecule has 18 heavy (non-hydrogen) atoms. The molecule has 0 radical (unpaired) electrons. The molecule has 0 saturated carbocycles. The normalized spacial score (nSPS) is 13.5. The number of terminal acetylenes is 1. The molecule has 5 heteroatoms. The zero-order valence-corrected chi connectivity index (χ0v) is 9.91. The van der Waals surface area contributed by atoms with Crippen molar-refractivity contribution in [2.24, 2.45) is 5.73 Å². The highest BCUT2D eigenvalue weighted by atomic mass is 19.1. The Bertz CT molecular complexity index is 462. The van der Waals surface area contributed by atoms with Gasteiger partial charge >= 0.3 is 0 Å². The molecule has 1 aromatic carbocycles. The summed E-state index contributed by atoms with van der Waals surface area (Å²) in [7, 11) is 0. The lowest BCUT2D eigenvalue weighted by molar-refractivity contribution is -0.122. The fourth-order valence-electron chi connectivity index (χ4n) is 1.54. The third kappa shape index (κ3) is 3.28. The maximum absolute atomic E-state index is 13.4. The summed E-state index contributed by atoms with van der Waals surface area (Å²) in [4.78, 5) is 11.6. The van der Waals surface area contributed by atoms with Crippen LogP contribution in [0.15, 0.2) is 18.2 Å². The molecule has 1 aromatic rings. The minimum absolute atomic E-state index is 0.0678. The largest absolute Gasteiger partial charge is 0.348 e. The molecular weight excluding hydrogens is 238 g/mol. The van der Waals surface area contributed by atoms with Gasteiger partial charge in [0.05, 0.1) is 12.1 Å². The lowest BCUT2D eigenvalue weighted by Crippen LogP contribution is -2.41. The first kappa shape index (κ1) is 14.1. The van der Waals surface area contributed by atoms with E-state index in [0.717, 1.165) is 12.1 Å². The maximum Gasteiger partial charge on any atom is 0.238 e. The predicted octanol–water partition coefficient (Wildman–Crippen LogP) is 1.49. The summed E-state index contributed by atoms with van der Waals surface area (Å²) < 4.78 is 26.9. The zero-order valence-electron chi connectivity index (χ0n) is 9.91. The molecule has 1 amide bonds. The van der Waals surface area contributed by atoms with Gasteiger partial charge in [-0.2, -0.15) is 0 Å². The van der Waals surface area contributed by atoms with Crippen LogP contribution in [0.5, 0.6) is 0 Å². The van der Waals surface area contributed by atoms with Gasteiger partial charge in [-0.1, -0.05) is 6.07 Å². The Morgan fingerprint density at radius 3 is 2.56 bits per heavy atom. The summed E-state index contributed by atoms with van der Waals surface area (Å²) in [5.41, 5.74) is 5.29. The van der Waals surface area contributed by atoms with E-state index in [0.29, 0.717) is 0 Å². The fourth-order valence-corrected chi connectivity index (χ4v) is 1.54. The van der Waals surface area contributed by atoms with Crippen molar-refractivity contribution in [2.45, 2.75) is 25.4 Å². The summed E-state index contributed by atoms with van der Waals surface area (Å²) in [5.74, 6) is 0.282. The number of halogens is 2. The highest BCUT2D eigenvalue weighted by Crippen LogP contribution is 2.20. The molecule has 3 N–H and O–H groups in total. The van der Waals surface area contributed by atoms with E-state index in [1.807, 2.05) is 0 Å². The van der Waals surface area contributed by atoms with E-state index in [1.165, 1.54) is 13.0 Å². The SMILES string of the molecule is C#CCC(N)C(=O)NC(C)c1c(F)cccc1F. The molecule has 0 heterocycles. The Kier molecular flexibility index (Phi) is 4.81. The minimum atomic E-state index is -0.882. The van der Waals surface area contributed by atoms with Gasteiger partial charge in [-0.15, -0.1) is 12.3 Å². The van der Waals surface area contributed by atoms with Crippen LogP contribution in [0.3, 0.4) is 0 Å². The highest BCUT2D eigenvalue weighted by molar-refractivity contribution is 5.82. The van der Waals surface area contributed by atoms with Crippen LogP contribution < -0.4 is 11.1 Å². The van der Waals surface area contributed by atoms with Crippen molar-refractivity contribution < 1.29 is 13.6 Å². The number of nitrogens with one attached hydrogen (secondary N) is 1. The van der Waals surface area contributed by atoms with Crippen molar-refractivity contribution in [3.8, 4) is 12.3 Å². The quantitative estimate of drug-likeness (QED) is 0.798. The number of hydrogen-bond acceptors (Lipinski definition) is 2. The highest BCUT2D eigenvalue weighted by Gasteiger charge is 2.20. The molecule has 0 aliphatic carbocycles. The van der Waals surface area contributed by atoms with Crippen molar-refractivity contribution in [1.82, 2.24) is 5.32 Å². The third-order valence-electron chi connectivity index (χ3n) is 2.47. The minimum Gasteiger partial charge on any atom is -0.348 e. The van der Waals surface area contributed by atoms with Crippen molar-refractivity contribution in [1.29, 1.82) is 0 Å². The van der Waals surface area contributed by atoms with E-state index < -0.39 is 29.6 Å². The maximum atomic E-state index is 13.4. The summed E-state index contributed by atoms with van der Waals surface area (Å²) in [6.07, 6.45) is 5.10. The molecule has 2 unspecified atom stereocenters. The van der Waals surface area contributed by atoms with E-state index in [1.54, 1.807) is 0 Å². The molecule has 0 bridgehead atoms. The molecule has 0 aliphatic heterocycles. The van der Waals surface area contributed by atoms with Crippen LogP contribution in [0, 0.1) is 24.0 Å². The topological polar surface area (TPSA) is 55.1 Å². The molecule has 3 nitrogen and oxygen atoms in total. The Morgan fingerprint density at radius 1 is 1.50 bits per heavy atom. The van der Waals surface area contributed by atoms with E-state index in [2.05, 4.69) is 11.2 Å². The monoisotopic (exact) mass is 252 g/mol. The van der Waals surface area contributed by atoms with E-state index in [-0.39, 0.29) is 12.0 Å². The first-order valence-electron chi connectivity index (χ1n) is 5.40. The molecule has 0 fully saturated rings. The van der Waals surface area contributed by atoms with Crippen LogP contribution in [0.1, 0.15) is 24.9 Å². The summed E-state index contributed by atoms with van der Waals surface area (Å²) in [6, 6.07) is 1.81. The molecule has 2 atom stereocenters. The van der Waals surface area contributed by atoms with Crippen molar-refractivity contribution in [3.05, 3.63) is 35.4 Å². The molecule has 0 aromatic heterocycles. The number of amides is 1. The van der Waals surface area contributed by atoms with Crippen LogP contribution >= 0.6 is 0 Å². The smallest absolute Gasteiger partial charge is 0.238 e. The Balaban J connectivity index is 2.80. The Hall–Kier alpha value is -1.93. The zero-order chi connectivity index (χ0) is 13.7. The number of carbonyl (C=O) groups excluding carboxylic acids is 1. The van der Waals surface area contributed by atoms with Gasteiger partial charge in [0, 0.05) is 12.0 Å². The number of benzene rings is 1. The van der Waals surface area contributed by atoms with Crippen LogP contribution in [0.4, 0.5) is 8.78 Å². The van der Waals surface area contributed by atoms with Gasteiger partial charge in [0.1, 0.15) is 11.6 Å². The fraction of sp³-hybridized carbons (Fsp3) is 0.308. The van der Waals surface area contributed by atoms with E-state index >= 15 is 0 Å². The van der Waals surface area contributed by atoms with Crippen molar-refractivity contribution in [2.75, 3.05) is 0 Å². The molecule has 0 aliphatic rings. The van der Waals surface area contributed by atoms with Crippen LogP contribution in [0.25, 0.3) is 0 Å². The first-order chi connectivity index (χ1) is 8.47. The molecule has 1 rings (SSSR count). The van der Waals surface area contributed by atoms with Crippen LogP contribution in [0.2, 0.25) is 0 Å². The standard InChI is InChI=1S/C13H14F2N2O/c1-3-5-11(16)13(18)17-8(2)12-9(14)6-4-7-10(12)15/h1,4,6-8,11H,5,16H2,2H3,(H,17,18). The second-order valence-electron chi connectivity index (χ2n) is 3.88. The predicted molar refractivity (Wildman–Crippen MR) is 64.3 cm³/mol. The second-order valence-corrected chi connectivity index (χ2v) is 3.88. The van der Waals surface area contributed by atoms with Gasteiger partial charge in [0.2, 0.25) is 5.91 Å². The second kappa shape index (κ2) is 6.12. The van der Waals surface area contributed by atoms with E-state index in [4.69, 9.17) is 12.2 Å². The third-order valence-corrected chi connectivity index (χ3v) is 2.47. The number of rotatable bonds is 4. The van der Waals surface area contributed by atoms with Gasteiger partial charge in [0.15, 0.2) is 0 Å². The number of hydrogen-bond donors (Lipinski definition) is 2. The van der Waals surface area contributed by atoms with Gasteiger partial charge in [-0.25, -0.2) is 8.78 Å². The number of carbonyl (C=O) groups is 1. The van der Waals surface area contributed by atoms with Crippen LogP contribution in [-0.2, 0) is 4.79 Å². The molecule has 0 saturated heterocycles. The lowest BCUT2D eigenvalue weighted by Gasteiger charge is -2.17. The summed E-state index contributed by atoms with van der Waals surface area (Å²) in [5, 5.41) is 2.42.